The third-order valence-electron chi connectivity index (χ3n) is 3.40. The van der Waals surface area contributed by atoms with Crippen LogP contribution in [0.3, 0.4) is 0 Å². The molecule has 0 aliphatic heterocycles. The number of aromatic nitrogens is 1. The number of carbonyl (C=O) groups is 1. The highest BCUT2D eigenvalue weighted by Gasteiger charge is 2.31. The zero-order chi connectivity index (χ0) is 12.3. The molecule has 2 atom stereocenters. The molecule has 4 nitrogen and oxygen atoms in total. The van der Waals surface area contributed by atoms with Crippen molar-refractivity contribution in [3.63, 3.8) is 0 Å². The molecule has 110 valence electrons. The van der Waals surface area contributed by atoms with Gasteiger partial charge in [-0.25, -0.2) is 4.98 Å². The van der Waals surface area contributed by atoms with Crippen molar-refractivity contribution >= 4 is 42.1 Å². The van der Waals surface area contributed by atoms with E-state index < -0.39 is 0 Å². The molecule has 19 heavy (non-hydrogen) atoms. The number of nitrogens with two attached hydrogens (primary N) is 1. The third-order valence-corrected chi connectivity index (χ3v) is 4.32. The van der Waals surface area contributed by atoms with E-state index in [9.17, 15) is 4.79 Å². The summed E-state index contributed by atoms with van der Waals surface area (Å²) in [6.07, 6.45) is 5.03. The fourth-order valence-corrected chi connectivity index (χ4v) is 3.19. The molecule has 1 aliphatic rings. The molecule has 0 bridgehead atoms. The van der Waals surface area contributed by atoms with Crippen molar-refractivity contribution < 1.29 is 4.79 Å². The Morgan fingerprint density at radius 3 is 2.84 bits per heavy atom. The molecule has 3 N–H and O–H groups in total. The highest BCUT2D eigenvalue weighted by molar-refractivity contribution is 7.11. The largest absolute Gasteiger partial charge is 0.351 e. The average molecular weight is 326 g/mol. The van der Waals surface area contributed by atoms with Gasteiger partial charge in [-0.3, -0.25) is 4.79 Å². The van der Waals surface area contributed by atoms with Crippen LogP contribution in [0.25, 0.3) is 0 Å². The van der Waals surface area contributed by atoms with Crippen molar-refractivity contribution in [1.82, 2.24) is 10.3 Å². The maximum absolute atomic E-state index is 12.0. The Balaban J connectivity index is 0.00000162. The van der Waals surface area contributed by atoms with Crippen LogP contribution in [0.5, 0.6) is 0 Å². The lowest BCUT2D eigenvalue weighted by atomic mass is 9.95. The molecule has 1 aliphatic carbocycles. The second-order valence-corrected chi connectivity index (χ2v) is 5.92. The van der Waals surface area contributed by atoms with Crippen molar-refractivity contribution in [2.24, 2.45) is 17.6 Å². The van der Waals surface area contributed by atoms with Crippen LogP contribution in [0, 0.1) is 18.8 Å². The van der Waals surface area contributed by atoms with Crippen LogP contribution in [-0.4, -0.2) is 17.4 Å². The topological polar surface area (TPSA) is 68.0 Å². The monoisotopic (exact) mass is 325 g/mol. The van der Waals surface area contributed by atoms with Gasteiger partial charge in [-0.05, 0) is 32.2 Å². The molecule has 0 spiro atoms. The maximum Gasteiger partial charge on any atom is 0.223 e. The zero-order valence-electron chi connectivity index (χ0n) is 10.9. The lowest BCUT2D eigenvalue weighted by molar-refractivity contribution is -0.126. The summed E-state index contributed by atoms with van der Waals surface area (Å²) in [4.78, 5) is 17.3. The van der Waals surface area contributed by atoms with Crippen molar-refractivity contribution in [3.05, 3.63) is 16.1 Å². The number of nitrogens with zero attached hydrogens (tertiary/aromatic N) is 1. The normalized spacial score (nSPS) is 21.4. The number of thiazole rings is 1. The predicted octanol–water partition coefficient (Wildman–Crippen LogP) is 2.29. The van der Waals surface area contributed by atoms with E-state index in [2.05, 4.69) is 10.3 Å². The van der Waals surface area contributed by atoms with E-state index in [1.807, 2.05) is 13.1 Å². The predicted molar refractivity (Wildman–Crippen MR) is 83.1 cm³/mol. The Labute approximate surface area is 130 Å². The maximum atomic E-state index is 12.0. The highest BCUT2D eigenvalue weighted by atomic mass is 35.5. The standard InChI is InChI=1S/C12H19N3OS.2ClH/c1-8-14-6-10(17-8)7-15-12(16)11-4-2-3-9(11)5-13;;/h6,9,11H,2-5,7,13H2,1H3,(H,15,16);2*1H/t9-,11-;;/m1../s1. The molecule has 2 rings (SSSR count). The molecular weight excluding hydrogens is 305 g/mol. The minimum absolute atomic E-state index is 0. The Morgan fingerprint density at radius 2 is 2.26 bits per heavy atom. The molecule has 1 aromatic heterocycles. The van der Waals surface area contributed by atoms with Gasteiger partial charge in [0.2, 0.25) is 5.91 Å². The molecule has 7 heteroatoms. The van der Waals surface area contributed by atoms with Gasteiger partial charge in [-0.1, -0.05) is 6.42 Å². The van der Waals surface area contributed by atoms with Gasteiger partial charge < -0.3 is 11.1 Å². The third kappa shape index (κ3) is 4.91. The van der Waals surface area contributed by atoms with Crippen molar-refractivity contribution in [2.45, 2.75) is 32.7 Å². The van der Waals surface area contributed by atoms with E-state index in [0.29, 0.717) is 19.0 Å². The van der Waals surface area contributed by atoms with Gasteiger partial charge in [0.25, 0.3) is 0 Å². The number of aryl methyl sites for hydroxylation is 1. The summed E-state index contributed by atoms with van der Waals surface area (Å²) < 4.78 is 0. The molecule has 1 fully saturated rings. The highest BCUT2D eigenvalue weighted by Crippen LogP contribution is 2.31. The molecule has 1 amide bonds. The molecule has 0 unspecified atom stereocenters. The Kier molecular flexibility index (Phi) is 8.57. The summed E-state index contributed by atoms with van der Waals surface area (Å²) >= 11 is 1.63. The van der Waals surface area contributed by atoms with Crippen molar-refractivity contribution in [1.29, 1.82) is 0 Å². The molecular formula is C12H21Cl2N3OS. The second kappa shape index (κ2) is 8.74. The summed E-state index contributed by atoms with van der Waals surface area (Å²) in [6.45, 7) is 3.19. The van der Waals surface area contributed by atoms with Gasteiger partial charge in [-0.2, -0.15) is 0 Å². The van der Waals surface area contributed by atoms with E-state index >= 15 is 0 Å². The zero-order valence-corrected chi connectivity index (χ0v) is 13.4. The van der Waals surface area contributed by atoms with Crippen molar-refractivity contribution in [2.75, 3.05) is 6.54 Å². The smallest absolute Gasteiger partial charge is 0.223 e. The molecule has 1 aromatic rings. The number of hydrogen-bond acceptors (Lipinski definition) is 4. The SMILES string of the molecule is Cc1ncc(CNC(=O)[C@@H]2CCC[C@@H]2CN)s1.Cl.Cl. The quantitative estimate of drug-likeness (QED) is 0.892. The Morgan fingerprint density at radius 1 is 1.53 bits per heavy atom. The van der Waals surface area contributed by atoms with E-state index in [1.54, 1.807) is 11.3 Å². The minimum atomic E-state index is 0. The average Bonchev–Trinajstić information content (AvgIpc) is 2.94. The molecule has 1 saturated carbocycles. The van der Waals surface area contributed by atoms with Gasteiger partial charge in [0.15, 0.2) is 0 Å². The summed E-state index contributed by atoms with van der Waals surface area (Å²) in [5.74, 6) is 0.649. The van der Waals surface area contributed by atoms with Crippen molar-refractivity contribution in [3.8, 4) is 0 Å². The molecule has 0 radical (unpaired) electrons. The van der Waals surface area contributed by atoms with Crippen LogP contribution in [0.2, 0.25) is 0 Å². The van der Waals surface area contributed by atoms with E-state index in [1.165, 1.54) is 0 Å². The Hall–Kier alpha value is -0.360. The van der Waals surface area contributed by atoms with Gasteiger partial charge in [0.05, 0.1) is 11.6 Å². The number of carbonyl (C=O) groups excluding carboxylic acids is 1. The number of hydrogen-bond donors (Lipinski definition) is 2. The minimum Gasteiger partial charge on any atom is -0.351 e. The van der Waals surface area contributed by atoms with Crippen LogP contribution < -0.4 is 11.1 Å². The van der Waals surface area contributed by atoms with Gasteiger partial charge >= 0.3 is 0 Å². The van der Waals surface area contributed by atoms with Crippen LogP contribution in [-0.2, 0) is 11.3 Å². The van der Waals surface area contributed by atoms with Gasteiger partial charge in [0, 0.05) is 17.0 Å². The van der Waals surface area contributed by atoms with Gasteiger partial charge in [0.1, 0.15) is 0 Å². The number of halogens is 2. The van der Waals surface area contributed by atoms with Crippen LogP contribution >= 0.6 is 36.2 Å². The second-order valence-electron chi connectivity index (χ2n) is 4.60. The van der Waals surface area contributed by atoms with Gasteiger partial charge in [-0.15, -0.1) is 36.2 Å². The van der Waals surface area contributed by atoms with E-state index in [0.717, 1.165) is 29.1 Å². The van der Waals surface area contributed by atoms with Crippen LogP contribution in [0.15, 0.2) is 6.20 Å². The van der Waals surface area contributed by atoms with E-state index in [4.69, 9.17) is 5.73 Å². The lowest BCUT2D eigenvalue weighted by Gasteiger charge is -2.16. The lowest BCUT2D eigenvalue weighted by Crippen LogP contribution is -2.34. The molecule has 0 saturated heterocycles. The van der Waals surface area contributed by atoms with Crippen LogP contribution in [0.1, 0.15) is 29.1 Å². The first-order valence-electron chi connectivity index (χ1n) is 6.09. The first-order chi connectivity index (χ1) is 8.20. The summed E-state index contributed by atoms with van der Waals surface area (Å²) in [5, 5.41) is 4.03. The number of rotatable bonds is 4. The van der Waals surface area contributed by atoms with E-state index in [-0.39, 0.29) is 36.6 Å². The van der Waals surface area contributed by atoms with Crippen LogP contribution in [0.4, 0.5) is 0 Å². The molecule has 0 aromatic carbocycles. The first kappa shape index (κ1) is 18.6. The number of amides is 1. The molecule has 1 heterocycles. The fourth-order valence-electron chi connectivity index (χ4n) is 2.46. The Bertz CT molecular complexity index is 400. The first-order valence-corrected chi connectivity index (χ1v) is 6.91. The summed E-state index contributed by atoms with van der Waals surface area (Å²) in [6, 6.07) is 0. The summed E-state index contributed by atoms with van der Waals surface area (Å²) in [7, 11) is 0. The fraction of sp³-hybridized carbons (Fsp3) is 0.667. The number of nitrogens with one attached hydrogen (secondary N) is 1. The summed E-state index contributed by atoms with van der Waals surface area (Å²) in [5.41, 5.74) is 5.68.